The topological polar surface area (TPSA) is 66.4 Å². The standard InChI is InChI=1S/C22H19Cl2F4NO3/c1-11(22(26,27)28)18(13-3-5-14(23)16(25)9-13)19(30)29-17-8-12(2-4-15(17)24)10-21(6-7-21)20(31)32/h2-5,8-9,11,18H,6-7,10H2,1H3,(H,29,30)(H,31,32)/t11-,18+/m1/s1. The van der Waals surface area contributed by atoms with Crippen molar-refractivity contribution in [1.82, 2.24) is 0 Å². The molecule has 2 atom stereocenters. The first kappa shape index (κ1) is 24.3. The summed E-state index contributed by atoms with van der Waals surface area (Å²) in [6.45, 7) is 0.832. The van der Waals surface area contributed by atoms with E-state index in [9.17, 15) is 32.3 Å². The van der Waals surface area contributed by atoms with Crippen LogP contribution in [0, 0.1) is 17.2 Å². The van der Waals surface area contributed by atoms with Crippen LogP contribution in [0.1, 0.15) is 36.8 Å². The second-order valence-electron chi connectivity index (χ2n) is 8.05. The summed E-state index contributed by atoms with van der Waals surface area (Å²) in [6, 6.07) is 7.54. The number of carbonyl (C=O) groups is 2. The van der Waals surface area contributed by atoms with Gasteiger partial charge in [0.25, 0.3) is 0 Å². The molecule has 0 heterocycles. The minimum Gasteiger partial charge on any atom is -0.481 e. The van der Waals surface area contributed by atoms with E-state index in [4.69, 9.17) is 23.2 Å². The number of hydrogen-bond acceptors (Lipinski definition) is 2. The molecular weight excluding hydrogens is 473 g/mol. The maximum atomic E-state index is 13.9. The van der Waals surface area contributed by atoms with Gasteiger partial charge < -0.3 is 10.4 Å². The second kappa shape index (κ2) is 8.90. The molecule has 1 aliphatic rings. The largest absolute Gasteiger partial charge is 0.481 e. The Morgan fingerprint density at radius 2 is 1.75 bits per heavy atom. The highest BCUT2D eigenvalue weighted by Gasteiger charge is 2.50. The van der Waals surface area contributed by atoms with Crippen LogP contribution < -0.4 is 5.32 Å². The van der Waals surface area contributed by atoms with Crippen LogP contribution in [-0.4, -0.2) is 23.2 Å². The van der Waals surface area contributed by atoms with Crippen LogP contribution in [0.25, 0.3) is 0 Å². The summed E-state index contributed by atoms with van der Waals surface area (Å²) in [6.07, 6.45) is -3.50. The third-order valence-corrected chi connectivity index (χ3v) is 6.38. The Morgan fingerprint density at radius 3 is 2.28 bits per heavy atom. The highest BCUT2D eigenvalue weighted by molar-refractivity contribution is 6.33. The van der Waals surface area contributed by atoms with E-state index in [0.717, 1.165) is 19.1 Å². The molecule has 0 unspecified atom stereocenters. The van der Waals surface area contributed by atoms with Gasteiger partial charge in [-0.05, 0) is 54.7 Å². The SMILES string of the molecule is C[C@H]([C@H](C(=O)Nc1cc(CC2(C(=O)O)CC2)ccc1Cl)c1ccc(Cl)c(F)c1)C(F)(F)F. The molecule has 0 saturated heterocycles. The number of anilines is 1. The molecule has 0 bridgehead atoms. The summed E-state index contributed by atoms with van der Waals surface area (Å²) in [5.74, 6) is -6.81. The lowest BCUT2D eigenvalue weighted by Crippen LogP contribution is -2.34. The van der Waals surface area contributed by atoms with Gasteiger partial charge in [-0.2, -0.15) is 13.2 Å². The molecule has 0 spiro atoms. The van der Waals surface area contributed by atoms with E-state index >= 15 is 0 Å². The first-order chi connectivity index (χ1) is 14.8. The molecule has 3 rings (SSSR count). The van der Waals surface area contributed by atoms with Crippen molar-refractivity contribution in [2.75, 3.05) is 5.32 Å². The maximum Gasteiger partial charge on any atom is 0.392 e. The lowest BCUT2D eigenvalue weighted by atomic mass is 9.85. The Morgan fingerprint density at radius 1 is 1.12 bits per heavy atom. The van der Waals surface area contributed by atoms with Crippen molar-refractivity contribution in [3.8, 4) is 0 Å². The molecule has 0 aliphatic heterocycles. The van der Waals surface area contributed by atoms with Gasteiger partial charge in [-0.1, -0.05) is 42.3 Å². The predicted molar refractivity (Wildman–Crippen MR) is 112 cm³/mol. The summed E-state index contributed by atoms with van der Waals surface area (Å²) in [4.78, 5) is 24.4. The van der Waals surface area contributed by atoms with Gasteiger partial charge in [0.2, 0.25) is 5.91 Å². The van der Waals surface area contributed by atoms with Crippen LogP contribution in [0.5, 0.6) is 0 Å². The minimum atomic E-state index is -4.73. The fourth-order valence-electron chi connectivity index (χ4n) is 3.56. The first-order valence-corrected chi connectivity index (χ1v) is 10.4. The van der Waals surface area contributed by atoms with Gasteiger partial charge in [0.05, 0.1) is 33.0 Å². The Bertz CT molecular complexity index is 1050. The molecule has 2 aromatic carbocycles. The smallest absolute Gasteiger partial charge is 0.392 e. The molecule has 172 valence electrons. The van der Waals surface area contributed by atoms with Gasteiger partial charge in [-0.15, -0.1) is 0 Å². The number of carboxylic acids is 1. The van der Waals surface area contributed by atoms with E-state index in [0.29, 0.717) is 18.4 Å². The number of carboxylic acid groups (broad SMARTS) is 1. The molecule has 2 N–H and O–H groups in total. The zero-order valence-electron chi connectivity index (χ0n) is 16.8. The Kier molecular flexibility index (Phi) is 6.77. The van der Waals surface area contributed by atoms with Crippen molar-refractivity contribution in [2.45, 2.75) is 38.3 Å². The predicted octanol–water partition coefficient (Wildman–Crippen LogP) is 6.46. The van der Waals surface area contributed by atoms with Gasteiger partial charge in [0, 0.05) is 0 Å². The molecule has 1 fully saturated rings. The fraction of sp³-hybridized carbons (Fsp3) is 0.364. The molecule has 0 radical (unpaired) electrons. The van der Waals surface area contributed by atoms with Crippen molar-refractivity contribution in [3.63, 3.8) is 0 Å². The molecule has 1 amide bonds. The van der Waals surface area contributed by atoms with E-state index in [2.05, 4.69) is 5.32 Å². The molecule has 4 nitrogen and oxygen atoms in total. The van der Waals surface area contributed by atoms with Crippen LogP contribution >= 0.6 is 23.2 Å². The summed E-state index contributed by atoms with van der Waals surface area (Å²) < 4.78 is 54.4. The molecular formula is C22H19Cl2F4NO3. The van der Waals surface area contributed by atoms with Crippen LogP contribution in [-0.2, 0) is 16.0 Å². The second-order valence-corrected chi connectivity index (χ2v) is 8.86. The number of benzene rings is 2. The average molecular weight is 492 g/mol. The number of halogens is 6. The van der Waals surface area contributed by atoms with Crippen molar-refractivity contribution in [1.29, 1.82) is 0 Å². The maximum absolute atomic E-state index is 13.9. The quantitative estimate of drug-likeness (QED) is 0.436. The monoisotopic (exact) mass is 491 g/mol. The van der Waals surface area contributed by atoms with Crippen LogP contribution in [0.4, 0.5) is 23.2 Å². The molecule has 1 saturated carbocycles. The molecule has 32 heavy (non-hydrogen) atoms. The zero-order valence-corrected chi connectivity index (χ0v) is 18.3. The van der Waals surface area contributed by atoms with E-state index in [1.165, 1.54) is 18.2 Å². The third-order valence-electron chi connectivity index (χ3n) is 5.74. The number of nitrogens with one attached hydrogen (secondary N) is 1. The number of rotatable bonds is 7. The van der Waals surface area contributed by atoms with Gasteiger partial charge in [-0.3, -0.25) is 9.59 Å². The number of aliphatic carboxylic acids is 1. The van der Waals surface area contributed by atoms with Gasteiger partial charge in [0.1, 0.15) is 5.82 Å². The molecule has 1 aliphatic carbocycles. The van der Waals surface area contributed by atoms with Crippen molar-refractivity contribution >= 4 is 40.8 Å². The first-order valence-electron chi connectivity index (χ1n) is 9.68. The lowest BCUT2D eigenvalue weighted by Gasteiger charge is -2.26. The minimum absolute atomic E-state index is 0.0455. The Balaban J connectivity index is 1.91. The van der Waals surface area contributed by atoms with Gasteiger partial charge >= 0.3 is 12.1 Å². The summed E-state index contributed by atoms with van der Waals surface area (Å²) in [5.41, 5.74) is -0.445. The third kappa shape index (κ3) is 5.18. The molecule has 10 heteroatoms. The Labute approximate surface area is 191 Å². The van der Waals surface area contributed by atoms with Crippen LogP contribution in [0.2, 0.25) is 10.0 Å². The number of hydrogen-bond donors (Lipinski definition) is 2. The molecule has 2 aromatic rings. The number of alkyl halides is 3. The number of amides is 1. The highest BCUT2D eigenvalue weighted by atomic mass is 35.5. The normalized spacial score (nSPS) is 16.8. The summed E-state index contributed by atoms with van der Waals surface area (Å²) in [7, 11) is 0. The van der Waals surface area contributed by atoms with E-state index < -0.39 is 41.1 Å². The highest BCUT2D eigenvalue weighted by Crippen LogP contribution is 2.49. The van der Waals surface area contributed by atoms with Crippen LogP contribution in [0.3, 0.4) is 0 Å². The van der Waals surface area contributed by atoms with Crippen molar-refractivity contribution in [2.24, 2.45) is 11.3 Å². The van der Waals surface area contributed by atoms with Crippen molar-refractivity contribution in [3.05, 3.63) is 63.4 Å². The van der Waals surface area contributed by atoms with Gasteiger partial charge in [0.15, 0.2) is 0 Å². The summed E-state index contributed by atoms with van der Waals surface area (Å²) in [5, 5.41) is 11.6. The van der Waals surface area contributed by atoms with Gasteiger partial charge in [-0.25, -0.2) is 4.39 Å². The fourth-order valence-corrected chi connectivity index (χ4v) is 3.84. The van der Waals surface area contributed by atoms with E-state index in [1.54, 1.807) is 6.07 Å². The summed E-state index contributed by atoms with van der Waals surface area (Å²) >= 11 is 11.8. The average Bonchev–Trinajstić information content (AvgIpc) is 3.47. The Hall–Kier alpha value is -2.32. The van der Waals surface area contributed by atoms with E-state index in [-0.39, 0.29) is 27.7 Å². The zero-order chi connectivity index (χ0) is 23.8. The van der Waals surface area contributed by atoms with Crippen molar-refractivity contribution < 1.29 is 32.3 Å². The molecule has 0 aromatic heterocycles. The lowest BCUT2D eigenvalue weighted by molar-refractivity contribution is -0.178. The van der Waals surface area contributed by atoms with Crippen LogP contribution in [0.15, 0.2) is 36.4 Å². The van der Waals surface area contributed by atoms with E-state index in [1.807, 2.05) is 0 Å². The number of carbonyl (C=O) groups excluding carboxylic acids is 1.